The molecular weight excluding hydrogens is 344 g/mol. The summed E-state index contributed by atoms with van der Waals surface area (Å²) in [5, 5.41) is 0. The highest BCUT2D eigenvalue weighted by atomic mass is 16.5. The molecule has 0 radical (unpaired) electrons. The highest BCUT2D eigenvalue weighted by Gasteiger charge is 2.08. The van der Waals surface area contributed by atoms with E-state index in [1.165, 1.54) is 11.1 Å². The van der Waals surface area contributed by atoms with Crippen molar-refractivity contribution in [1.82, 2.24) is 0 Å². The summed E-state index contributed by atoms with van der Waals surface area (Å²) in [6.07, 6.45) is 0.954. The third-order valence-corrected chi connectivity index (χ3v) is 4.05. The average molecular weight is 377 g/mol. The van der Waals surface area contributed by atoms with Crippen molar-refractivity contribution in [2.24, 2.45) is 0 Å². The molecule has 3 rings (SSSR count). The molecular formula is C26H32O2. The molecule has 0 aromatic heterocycles. The molecule has 0 saturated heterocycles. The van der Waals surface area contributed by atoms with Gasteiger partial charge in [-0.15, -0.1) is 0 Å². The third-order valence-electron chi connectivity index (χ3n) is 4.05. The van der Waals surface area contributed by atoms with Gasteiger partial charge in [-0.05, 0) is 54.3 Å². The lowest BCUT2D eigenvalue weighted by Gasteiger charge is -2.07. The van der Waals surface area contributed by atoms with E-state index in [0.29, 0.717) is 11.3 Å². The Labute approximate surface area is 170 Å². The van der Waals surface area contributed by atoms with Gasteiger partial charge in [-0.3, -0.25) is 0 Å². The number of carbonyl (C=O) groups excluding carboxylic acids is 1. The van der Waals surface area contributed by atoms with Crippen LogP contribution in [0.15, 0.2) is 72.8 Å². The largest absolute Gasteiger partial charge is 0.423 e. The molecule has 148 valence electrons. The minimum Gasteiger partial charge on any atom is -0.423 e. The molecule has 0 spiro atoms. The van der Waals surface area contributed by atoms with Crippen molar-refractivity contribution in [2.45, 2.75) is 48.0 Å². The van der Waals surface area contributed by atoms with Gasteiger partial charge < -0.3 is 4.74 Å². The molecule has 0 aliphatic carbocycles. The van der Waals surface area contributed by atoms with Crippen LogP contribution in [0.25, 0.3) is 11.1 Å². The SMILES string of the molecule is CC.CC.CCc1ccc(C(=O)Oc2ccc(-c3ccc(C)cc3)cc2)cc1. The molecule has 0 heterocycles. The maximum atomic E-state index is 12.2. The summed E-state index contributed by atoms with van der Waals surface area (Å²) in [4.78, 5) is 12.2. The molecule has 0 N–H and O–H groups in total. The van der Waals surface area contributed by atoms with Gasteiger partial charge in [-0.25, -0.2) is 4.79 Å². The second-order valence-corrected chi connectivity index (χ2v) is 5.83. The molecule has 0 aliphatic heterocycles. The van der Waals surface area contributed by atoms with Crippen LogP contribution in [0.1, 0.15) is 56.1 Å². The van der Waals surface area contributed by atoms with Crippen LogP contribution in [0, 0.1) is 6.92 Å². The van der Waals surface area contributed by atoms with Gasteiger partial charge in [0.25, 0.3) is 0 Å². The Morgan fingerprint density at radius 3 is 1.64 bits per heavy atom. The fourth-order valence-corrected chi connectivity index (χ4v) is 2.50. The Balaban J connectivity index is 0.000000921. The van der Waals surface area contributed by atoms with Crippen molar-refractivity contribution in [3.63, 3.8) is 0 Å². The van der Waals surface area contributed by atoms with Crippen LogP contribution in [-0.2, 0) is 6.42 Å². The first kappa shape index (κ1) is 23.2. The lowest BCUT2D eigenvalue weighted by atomic mass is 10.0. The second kappa shape index (κ2) is 12.5. The summed E-state index contributed by atoms with van der Waals surface area (Å²) in [5.74, 6) is 0.219. The maximum absolute atomic E-state index is 12.2. The smallest absolute Gasteiger partial charge is 0.343 e. The van der Waals surface area contributed by atoms with Crippen molar-refractivity contribution in [3.8, 4) is 16.9 Å². The molecule has 3 aromatic carbocycles. The minimum atomic E-state index is -0.333. The van der Waals surface area contributed by atoms with Crippen LogP contribution in [0.4, 0.5) is 0 Å². The molecule has 0 aliphatic rings. The fourth-order valence-electron chi connectivity index (χ4n) is 2.50. The Kier molecular flexibility index (Phi) is 10.3. The summed E-state index contributed by atoms with van der Waals surface area (Å²) < 4.78 is 5.44. The van der Waals surface area contributed by atoms with E-state index in [1.54, 1.807) is 0 Å². The number of esters is 1. The molecule has 0 saturated carbocycles. The first-order valence-corrected chi connectivity index (χ1v) is 10.1. The summed E-state index contributed by atoms with van der Waals surface area (Å²) in [6.45, 7) is 12.2. The lowest BCUT2D eigenvalue weighted by Crippen LogP contribution is -2.08. The van der Waals surface area contributed by atoms with Crippen LogP contribution < -0.4 is 4.74 Å². The van der Waals surface area contributed by atoms with E-state index in [-0.39, 0.29) is 5.97 Å². The summed E-state index contributed by atoms with van der Waals surface area (Å²) in [6, 6.07) is 23.5. The highest BCUT2D eigenvalue weighted by molar-refractivity contribution is 5.91. The van der Waals surface area contributed by atoms with Crippen molar-refractivity contribution < 1.29 is 9.53 Å². The van der Waals surface area contributed by atoms with Crippen molar-refractivity contribution in [1.29, 1.82) is 0 Å². The van der Waals surface area contributed by atoms with Crippen LogP contribution >= 0.6 is 0 Å². The van der Waals surface area contributed by atoms with Crippen LogP contribution in [-0.4, -0.2) is 5.97 Å². The third kappa shape index (κ3) is 6.70. The molecule has 0 fully saturated rings. The summed E-state index contributed by atoms with van der Waals surface area (Å²) in [7, 11) is 0. The van der Waals surface area contributed by atoms with Crippen LogP contribution in [0.5, 0.6) is 5.75 Å². The predicted octanol–water partition coefficient (Wildman–Crippen LogP) is 7.50. The molecule has 0 unspecified atom stereocenters. The van der Waals surface area contributed by atoms with Gasteiger partial charge in [-0.1, -0.05) is 88.7 Å². The highest BCUT2D eigenvalue weighted by Crippen LogP contribution is 2.23. The fraction of sp³-hybridized carbons (Fsp3) is 0.269. The normalized spacial score (nSPS) is 9.36. The van der Waals surface area contributed by atoms with Crippen LogP contribution in [0.2, 0.25) is 0 Å². The van der Waals surface area contributed by atoms with Crippen molar-refractivity contribution >= 4 is 5.97 Å². The lowest BCUT2D eigenvalue weighted by molar-refractivity contribution is 0.0735. The number of rotatable bonds is 4. The van der Waals surface area contributed by atoms with Gasteiger partial charge >= 0.3 is 5.97 Å². The summed E-state index contributed by atoms with van der Waals surface area (Å²) in [5.41, 5.74) is 5.25. The molecule has 2 heteroatoms. The van der Waals surface area contributed by atoms with E-state index < -0.39 is 0 Å². The topological polar surface area (TPSA) is 26.3 Å². The Morgan fingerprint density at radius 2 is 1.18 bits per heavy atom. The minimum absolute atomic E-state index is 0.333. The van der Waals surface area contributed by atoms with E-state index in [1.807, 2.05) is 76.2 Å². The van der Waals surface area contributed by atoms with E-state index in [4.69, 9.17) is 4.74 Å². The molecule has 0 atom stereocenters. The Bertz CT molecular complexity index is 814. The molecule has 0 bridgehead atoms. The van der Waals surface area contributed by atoms with Gasteiger partial charge in [-0.2, -0.15) is 0 Å². The number of hydrogen-bond donors (Lipinski definition) is 0. The molecule has 28 heavy (non-hydrogen) atoms. The average Bonchev–Trinajstić information content (AvgIpc) is 2.78. The van der Waals surface area contributed by atoms with Gasteiger partial charge in [0, 0.05) is 0 Å². The van der Waals surface area contributed by atoms with Gasteiger partial charge in [0.1, 0.15) is 5.75 Å². The van der Waals surface area contributed by atoms with Gasteiger partial charge in [0.2, 0.25) is 0 Å². The second-order valence-electron chi connectivity index (χ2n) is 5.83. The monoisotopic (exact) mass is 376 g/mol. The van der Waals surface area contributed by atoms with Gasteiger partial charge in [0.05, 0.1) is 5.56 Å². The van der Waals surface area contributed by atoms with E-state index in [9.17, 15) is 4.79 Å². The standard InChI is InChI=1S/C22H20O2.2C2H6/c1-3-17-6-10-20(11-7-17)22(23)24-21-14-12-19(13-15-21)18-8-4-16(2)5-9-18;2*1-2/h4-15H,3H2,1-2H3;2*1-2H3. The predicted molar refractivity (Wildman–Crippen MR) is 120 cm³/mol. The van der Waals surface area contributed by atoms with E-state index in [2.05, 4.69) is 38.1 Å². The zero-order chi connectivity index (χ0) is 20.9. The van der Waals surface area contributed by atoms with Crippen molar-refractivity contribution in [3.05, 3.63) is 89.5 Å². The number of benzene rings is 3. The summed E-state index contributed by atoms with van der Waals surface area (Å²) >= 11 is 0. The zero-order valence-electron chi connectivity index (χ0n) is 18.0. The number of carbonyl (C=O) groups is 1. The van der Waals surface area contributed by atoms with Crippen LogP contribution in [0.3, 0.4) is 0 Å². The number of aryl methyl sites for hydroxylation is 2. The quantitative estimate of drug-likeness (QED) is 0.348. The Morgan fingerprint density at radius 1 is 0.714 bits per heavy atom. The molecule has 0 amide bonds. The van der Waals surface area contributed by atoms with E-state index in [0.717, 1.165) is 17.5 Å². The maximum Gasteiger partial charge on any atom is 0.343 e. The first-order chi connectivity index (χ1) is 13.7. The number of hydrogen-bond acceptors (Lipinski definition) is 2. The zero-order valence-corrected chi connectivity index (χ0v) is 18.0. The molecule has 2 nitrogen and oxygen atoms in total. The van der Waals surface area contributed by atoms with E-state index >= 15 is 0 Å². The first-order valence-electron chi connectivity index (χ1n) is 10.1. The van der Waals surface area contributed by atoms with Gasteiger partial charge in [0.15, 0.2) is 0 Å². The Hall–Kier alpha value is -2.87. The number of ether oxygens (including phenoxy) is 1. The van der Waals surface area contributed by atoms with Crippen molar-refractivity contribution in [2.75, 3.05) is 0 Å². The molecule has 3 aromatic rings.